The van der Waals surface area contributed by atoms with Gasteiger partial charge in [-0.3, -0.25) is 9.59 Å². The topological polar surface area (TPSA) is 83.6 Å². The molecule has 2 fully saturated rings. The number of hydrogen-bond acceptors (Lipinski definition) is 3. The van der Waals surface area contributed by atoms with Crippen molar-refractivity contribution in [2.75, 3.05) is 6.54 Å². The zero-order valence-electron chi connectivity index (χ0n) is 9.26. The van der Waals surface area contributed by atoms with E-state index in [1.807, 2.05) is 4.90 Å². The highest BCUT2D eigenvalue weighted by Gasteiger charge is 2.42. The SMILES string of the molecule is NCC(=O)N1C2CCC1CC(CC(=O)O)C2. The maximum atomic E-state index is 11.6. The number of carbonyl (C=O) groups excluding carboxylic acids is 1. The quantitative estimate of drug-likeness (QED) is 0.719. The van der Waals surface area contributed by atoms with Gasteiger partial charge in [-0.25, -0.2) is 0 Å². The summed E-state index contributed by atoms with van der Waals surface area (Å²) in [6, 6.07) is 0.471. The summed E-state index contributed by atoms with van der Waals surface area (Å²) in [4.78, 5) is 24.2. The van der Waals surface area contributed by atoms with Gasteiger partial charge in [-0.1, -0.05) is 0 Å². The number of carbonyl (C=O) groups is 2. The monoisotopic (exact) mass is 226 g/mol. The van der Waals surface area contributed by atoms with E-state index < -0.39 is 5.97 Å². The van der Waals surface area contributed by atoms with Crippen LogP contribution in [0.5, 0.6) is 0 Å². The van der Waals surface area contributed by atoms with Crippen molar-refractivity contribution in [2.45, 2.75) is 44.2 Å². The first-order chi connectivity index (χ1) is 7.61. The standard InChI is InChI=1S/C11H18N2O3/c12-6-10(14)13-8-1-2-9(13)4-7(3-8)5-11(15)16/h7-9H,1-6,12H2,(H,15,16). The zero-order chi connectivity index (χ0) is 11.7. The number of rotatable bonds is 3. The molecule has 0 saturated carbocycles. The molecule has 2 bridgehead atoms. The van der Waals surface area contributed by atoms with Gasteiger partial charge in [0.2, 0.25) is 5.91 Å². The van der Waals surface area contributed by atoms with E-state index >= 15 is 0 Å². The molecule has 0 aromatic heterocycles. The molecule has 2 unspecified atom stereocenters. The molecule has 0 aliphatic carbocycles. The van der Waals surface area contributed by atoms with E-state index in [0.29, 0.717) is 0 Å². The third-order valence-corrected chi connectivity index (χ3v) is 3.76. The Labute approximate surface area is 94.6 Å². The molecule has 90 valence electrons. The van der Waals surface area contributed by atoms with Crippen LogP contribution in [0.25, 0.3) is 0 Å². The fourth-order valence-corrected chi connectivity index (χ4v) is 3.22. The van der Waals surface area contributed by atoms with Crippen LogP contribution in [-0.2, 0) is 9.59 Å². The van der Waals surface area contributed by atoms with Crippen LogP contribution in [0, 0.1) is 5.92 Å². The van der Waals surface area contributed by atoms with Gasteiger partial charge in [0.05, 0.1) is 6.54 Å². The molecule has 5 nitrogen and oxygen atoms in total. The van der Waals surface area contributed by atoms with E-state index in [2.05, 4.69) is 0 Å². The van der Waals surface area contributed by atoms with Gasteiger partial charge in [-0.15, -0.1) is 0 Å². The molecule has 0 aromatic rings. The first-order valence-corrected chi connectivity index (χ1v) is 5.84. The molecule has 3 N–H and O–H groups in total. The first kappa shape index (κ1) is 11.4. The van der Waals surface area contributed by atoms with Crippen LogP contribution < -0.4 is 5.73 Å². The summed E-state index contributed by atoms with van der Waals surface area (Å²) in [7, 11) is 0. The molecular formula is C11H18N2O3. The molecule has 2 atom stereocenters. The Kier molecular flexibility index (Phi) is 3.14. The molecule has 2 aliphatic rings. The highest BCUT2D eigenvalue weighted by atomic mass is 16.4. The number of aliphatic carboxylic acids is 1. The second kappa shape index (κ2) is 4.41. The molecule has 1 amide bonds. The van der Waals surface area contributed by atoms with Crippen molar-refractivity contribution < 1.29 is 14.7 Å². The van der Waals surface area contributed by atoms with Crippen molar-refractivity contribution in [3.05, 3.63) is 0 Å². The van der Waals surface area contributed by atoms with Crippen molar-refractivity contribution in [3.8, 4) is 0 Å². The Hall–Kier alpha value is -1.10. The lowest BCUT2D eigenvalue weighted by molar-refractivity contribution is -0.139. The average molecular weight is 226 g/mol. The Morgan fingerprint density at radius 3 is 2.25 bits per heavy atom. The molecular weight excluding hydrogens is 208 g/mol. The van der Waals surface area contributed by atoms with Crippen molar-refractivity contribution in [1.29, 1.82) is 0 Å². The van der Waals surface area contributed by atoms with Crippen LogP contribution in [0.1, 0.15) is 32.1 Å². The maximum absolute atomic E-state index is 11.6. The summed E-state index contributed by atoms with van der Waals surface area (Å²) in [5.41, 5.74) is 5.39. The summed E-state index contributed by atoms with van der Waals surface area (Å²) >= 11 is 0. The van der Waals surface area contributed by atoms with Gasteiger partial charge in [0.15, 0.2) is 0 Å². The third kappa shape index (κ3) is 2.04. The number of fused-ring (bicyclic) bond motifs is 2. The van der Waals surface area contributed by atoms with Crippen molar-refractivity contribution in [3.63, 3.8) is 0 Å². The summed E-state index contributed by atoms with van der Waals surface area (Å²) in [5.74, 6) is -0.485. The fourth-order valence-electron chi connectivity index (χ4n) is 3.22. The van der Waals surface area contributed by atoms with Gasteiger partial charge in [0, 0.05) is 18.5 Å². The first-order valence-electron chi connectivity index (χ1n) is 5.84. The van der Waals surface area contributed by atoms with Crippen LogP contribution in [-0.4, -0.2) is 40.5 Å². The molecule has 2 saturated heterocycles. The largest absolute Gasteiger partial charge is 0.481 e. The lowest BCUT2D eigenvalue weighted by atomic mass is 9.88. The average Bonchev–Trinajstić information content (AvgIpc) is 2.49. The molecule has 0 aromatic carbocycles. The van der Waals surface area contributed by atoms with E-state index in [0.717, 1.165) is 25.7 Å². The Morgan fingerprint density at radius 1 is 1.25 bits per heavy atom. The third-order valence-electron chi connectivity index (χ3n) is 3.76. The highest BCUT2D eigenvalue weighted by Crippen LogP contribution is 2.39. The predicted molar refractivity (Wildman–Crippen MR) is 57.7 cm³/mol. The maximum Gasteiger partial charge on any atom is 0.303 e. The number of amides is 1. The van der Waals surface area contributed by atoms with Gasteiger partial charge in [-0.05, 0) is 31.6 Å². The van der Waals surface area contributed by atoms with E-state index in [9.17, 15) is 9.59 Å². The molecule has 0 spiro atoms. The summed E-state index contributed by atoms with van der Waals surface area (Å²) in [6.45, 7) is 0.0661. The molecule has 2 aliphatic heterocycles. The lowest BCUT2D eigenvalue weighted by Gasteiger charge is -2.38. The number of carboxylic acids is 1. The van der Waals surface area contributed by atoms with Crippen LogP contribution in [0.3, 0.4) is 0 Å². The van der Waals surface area contributed by atoms with Crippen LogP contribution in [0.2, 0.25) is 0 Å². The highest BCUT2D eigenvalue weighted by molar-refractivity contribution is 5.79. The second-order valence-corrected chi connectivity index (χ2v) is 4.83. The summed E-state index contributed by atoms with van der Waals surface area (Å²) < 4.78 is 0. The predicted octanol–water partition coefficient (Wildman–Crippen LogP) is 0.189. The fraction of sp³-hybridized carbons (Fsp3) is 0.818. The minimum Gasteiger partial charge on any atom is -0.481 e. The number of hydrogen-bond donors (Lipinski definition) is 2. The van der Waals surface area contributed by atoms with E-state index in [1.54, 1.807) is 0 Å². The van der Waals surface area contributed by atoms with Crippen LogP contribution >= 0.6 is 0 Å². The minimum absolute atomic E-state index is 0.0151. The zero-order valence-corrected chi connectivity index (χ0v) is 9.26. The van der Waals surface area contributed by atoms with E-state index in [4.69, 9.17) is 10.8 Å². The summed E-state index contributed by atoms with van der Waals surface area (Å²) in [6.07, 6.45) is 3.90. The van der Waals surface area contributed by atoms with Gasteiger partial charge >= 0.3 is 5.97 Å². The van der Waals surface area contributed by atoms with Crippen LogP contribution in [0.15, 0.2) is 0 Å². The number of nitrogens with two attached hydrogens (primary N) is 1. The molecule has 16 heavy (non-hydrogen) atoms. The minimum atomic E-state index is -0.733. The molecule has 2 rings (SSSR count). The number of piperidine rings is 1. The Morgan fingerprint density at radius 2 is 1.81 bits per heavy atom. The Bertz CT molecular complexity index is 292. The molecule has 0 radical (unpaired) electrons. The van der Waals surface area contributed by atoms with Gasteiger partial charge < -0.3 is 15.7 Å². The van der Waals surface area contributed by atoms with E-state index in [1.165, 1.54) is 0 Å². The van der Waals surface area contributed by atoms with Crippen molar-refractivity contribution in [1.82, 2.24) is 4.90 Å². The van der Waals surface area contributed by atoms with Crippen molar-refractivity contribution >= 4 is 11.9 Å². The molecule has 2 heterocycles. The molecule has 5 heteroatoms. The van der Waals surface area contributed by atoms with E-state index in [-0.39, 0.29) is 36.9 Å². The smallest absolute Gasteiger partial charge is 0.303 e. The van der Waals surface area contributed by atoms with Gasteiger partial charge in [0.1, 0.15) is 0 Å². The number of carboxylic acid groups (broad SMARTS) is 1. The second-order valence-electron chi connectivity index (χ2n) is 4.83. The van der Waals surface area contributed by atoms with Crippen molar-refractivity contribution in [2.24, 2.45) is 11.7 Å². The van der Waals surface area contributed by atoms with Gasteiger partial charge in [0.25, 0.3) is 0 Å². The normalized spacial score (nSPS) is 32.8. The lowest BCUT2D eigenvalue weighted by Crippen LogP contribution is -2.49. The summed E-state index contributed by atoms with van der Waals surface area (Å²) in [5, 5.41) is 8.78. The van der Waals surface area contributed by atoms with Crippen LogP contribution in [0.4, 0.5) is 0 Å². The Balaban J connectivity index is 2.01. The number of nitrogens with zero attached hydrogens (tertiary/aromatic N) is 1. The van der Waals surface area contributed by atoms with Gasteiger partial charge in [-0.2, -0.15) is 0 Å².